The summed E-state index contributed by atoms with van der Waals surface area (Å²) in [7, 11) is -1.26. The molecule has 1 aliphatic rings. The number of aromatic nitrogens is 1. The van der Waals surface area contributed by atoms with Gasteiger partial charge in [-0.25, -0.2) is 8.42 Å². The van der Waals surface area contributed by atoms with Crippen LogP contribution in [0.2, 0.25) is 0 Å². The summed E-state index contributed by atoms with van der Waals surface area (Å²) in [5.41, 5.74) is 0.919. The van der Waals surface area contributed by atoms with Crippen LogP contribution in [0.5, 0.6) is 0 Å². The SMILES string of the molecule is CN(C(=O)Cc1cc[nH]c1)C1CCS(=O)(=O)C1. The number of aromatic amines is 1. The summed E-state index contributed by atoms with van der Waals surface area (Å²) in [6.45, 7) is 0. The Morgan fingerprint density at radius 3 is 2.88 bits per heavy atom. The molecule has 1 aromatic rings. The van der Waals surface area contributed by atoms with Gasteiger partial charge in [-0.15, -0.1) is 0 Å². The average molecular weight is 256 g/mol. The fourth-order valence-electron chi connectivity index (χ4n) is 2.05. The molecule has 0 bridgehead atoms. The Hall–Kier alpha value is -1.30. The summed E-state index contributed by atoms with van der Waals surface area (Å²) in [5, 5.41) is 0. The lowest BCUT2D eigenvalue weighted by molar-refractivity contribution is -0.130. The van der Waals surface area contributed by atoms with Gasteiger partial charge < -0.3 is 9.88 Å². The molecule has 0 radical (unpaired) electrons. The Labute approximate surface area is 101 Å². The van der Waals surface area contributed by atoms with Crippen LogP contribution in [0.3, 0.4) is 0 Å². The molecule has 1 aliphatic heterocycles. The van der Waals surface area contributed by atoms with Gasteiger partial charge in [-0.3, -0.25) is 4.79 Å². The van der Waals surface area contributed by atoms with Gasteiger partial charge >= 0.3 is 0 Å². The van der Waals surface area contributed by atoms with Crippen molar-refractivity contribution in [3.05, 3.63) is 24.0 Å². The number of amides is 1. The molecule has 17 heavy (non-hydrogen) atoms. The second-order valence-electron chi connectivity index (χ2n) is 4.46. The fraction of sp³-hybridized carbons (Fsp3) is 0.545. The number of carbonyl (C=O) groups is 1. The summed E-state index contributed by atoms with van der Waals surface area (Å²) >= 11 is 0. The van der Waals surface area contributed by atoms with Crippen LogP contribution in [-0.4, -0.2) is 48.8 Å². The number of sulfone groups is 1. The van der Waals surface area contributed by atoms with Gasteiger partial charge in [-0.2, -0.15) is 0 Å². The molecule has 1 amide bonds. The van der Waals surface area contributed by atoms with Crippen molar-refractivity contribution in [1.82, 2.24) is 9.88 Å². The molecule has 2 rings (SSSR count). The van der Waals surface area contributed by atoms with Crippen LogP contribution in [0.4, 0.5) is 0 Å². The highest BCUT2D eigenvalue weighted by molar-refractivity contribution is 7.91. The van der Waals surface area contributed by atoms with E-state index in [1.807, 2.05) is 6.07 Å². The summed E-state index contributed by atoms with van der Waals surface area (Å²) in [4.78, 5) is 16.4. The molecule has 0 spiro atoms. The Morgan fingerprint density at radius 2 is 2.35 bits per heavy atom. The number of nitrogens with zero attached hydrogens (tertiary/aromatic N) is 1. The average Bonchev–Trinajstić information content (AvgIpc) is 2.86. The van der Waals surface area contributed by atoms with Gasteiger partial charge in [0.2, 0.25) is 5.91 Å². The number of H-pyrrole nitrogens is 1. The van der Waals surface area contributed by atoms with E-state index in [0.717, 1.165) is 5.56 Å². The van der Waals surface area contributed by atoms with Crippen molar-refractivity contribution >= 4 is 15.7 Å². The predicted molar refractivity (Wildman–Crippen MR) is 64.3 cm³/mol. The van der Waals surface area contributed by atoms with Crippen LogP contribution in [0.15, 0.2) is 18.5 Å². The maximum atomic E-state index is 11.9. The lowest BCUT2D eigenvalue weighted by atomic mass is 10.2. The number of carbonyl (C=O) groups excluding carboxylic acids is 1. The van der Waals surface area contributed by atoms with Crippen molar-refractivity contribution in [3.8, 4) is 0 Å². The van der Waals surface area contributed by atoms with Crippen LogP contribution in [-0.2, 0) is 21.1 Å². The first-order valence-electron chi connectivity index (χ1n) is 5.56. The molecule has 5 nitrogen and oxygen atoms in total. The van der Waals surface area contributed by atoms with Crippen molar-refractivity contribution in [1.29, 1.82) is 0 Å². The fourth-order valence-corrected chi connectivity index (χ4v) is 3.83. The van der Waals surface area contributed by atoms with Crippen LogP contribution < -0.4 is 0 Å². The maximum Gasteiger partial charge on any atom is 0.227 e. The molecule has 94 valence electrons. The van der Waals surface area contributed by atoms with E-state index in [9.17, 15) is 13.2 Å². The third kappa shape index (κ3) is 2.88. The van der Waals surface area contributed by atoms with E-state index >= 15 is 0 Å². The van der Waals surface area contributed by atoms with E-state index in [2.05, 4.69) is 4.98 Å². The minimum Gasteiger partial charge on any atom is -0.367 e. The predicted octanol–water partition coefficient (Wildman–Crippen LogP) is 0.203. The molecule has 2 heterocycles. The van der Waals surface area contributed by atoms with Gasteiger partial charge in [0, 0.05) is 25.5 Å². The second kappa shape index (κ2) is 4.52. The lowest BCUT2D eigenvalue weighted by Crippen LogP contribution is -2.38. The van der Waals surface area contributed by atoms with E-state index in [-0.39, 0.29) is 23.5 Å². The number of hydrogen-bond donors (Lipinski definition) is 1. The summed E-state index contributed by atoms with van der Waals surface area (Å²) in [6.07, 6.45) is 4.41. The quantitative estimate of drug-likeness (QED) is 0.840. The van der Waals surface area contributed by atoms with E-state index in [4.69, 9.17) is 0 Å². The normalized spacial score (nSPS) is 22.5. The van der Waals surface area contributed by atoms with Gasteiger partial charge in [-0.1, -0.05) is 0 Å². The lowest BCUT2D eigenvalue weighted by Gasteiger charge is -2.23. The zero-order valence-corrected chi connectivity index (χ0v) is 10.5. The molecule has 1 fully saturated rings. The van der Waals surface area contributed by atoms with Crippen LogP contribution in [0.25, 0.3) is 0 Å². The molecule has 0 aromatic carbocycles. The summed E-state index contributed by atoms with van der Waals surface area (Å²) in [6, 6.07) is 1.68. The highest BCUT2D eigenvalue weighted by Gasteiger charge is 2.32. The number of rotatable bonds is 3. The van der Waals surface area contributed by atoms with Gasteiger partial charge in [0.15, 0.2) is 9.84 Å². The summed E-state index contributed by atoms with van der Waals surface area (Å²) in [5.74, 6) is 0.258. The molecule has 1 saturated heterocycles. The number of likely N-dealkylation sites (N-methyl/N-ethyl adjacent to an activating group) is 1. The van der Waals surface area contributed by atoms with Crippen molar-refractivity contribution < 1.29 is 13.2 Å². The Bertz CT molecular complexity index is 493. The third-order valence-electron chi connectivity index (χ3n) is 3.17. The van der Waals surface area contributed by atoms with Gasteiger partial charge in [0.05, 0.1) is 17.9 Å². The van der Waals surface area contributed by atoms with Crippen molar-refractivity contribution in [3.63, 3.8) is 0 Å². The van der Waals surface area contributed by atoms with Crippen LogP contribution in [0.1, 0.15) is 12.0 Å². The van der Waals surface area contributed by atoms with Crippen molar-refractivity contribution in [2.45, 2.75) is 18.9 Å². The molecule has 0 saturated carbocycles. The molecular weight excluding hydrogens is 240 g/mol. The zero-order valence-electron chi connectivity index (χ0n) is 9.72. The Morgan fingerprint density at radius 1 is 1.59 bits per heavy atom. The van der Waals surface area contributed by atoms with E-state index in [1.54, 1.807) is 24.3 Å². The molecule has 1 unspecified atom stereocenters. The first-order valence-corrected chi connectivity index (χ1v) is 7.38. The molecule has 6 heteroatoms. The van der Waals surface area contributed by atoms with Crippen molar-refractivity contribution in [2.24, 2.45) is 0 Å². The molecule has 1 N–H and O–H groups in total. The third-order valence-corrected chi connectivity index (χ3v) is 4.92. The topological polar surface area (TPSA) is 70.2 Å². The smallest absolute Gasteiger partial charge is 0.227 e. The van der Waals surface area contributed by atoms with Crippen LogP contribution >= 0.6 is 0 Å². The molecule has 1 atom stereocenters. The molecule has 0 aliphatic carbocycles. The number of hydrogen-bond acceptors (Lipinski definition) is 3. The van der Waals surface area contributed by atoms with Gasteiger partial charge in [0.25, 0.3) is 0 Å². The van der Waals surface area contributed by atoms with E-state index in [0.29, 0.717) is 12.8 Å². The second-order valence-corrected chi connectivity index (χ2v) is 6.69. The number of nitrogens with one attached hydrogen (secondary N) is 1. The minimum atomic E-state index is -2.94. The van der Waals surface area contributed by atoms with Gasteiger partial charge in [0.1, 0.15) is 0 Å². The monoisotopic (exact) mass is 256 g/mol. The highest BCUT2D eigenvalue weighted by Crippen LogP contribution is 2.17. The van der Waals surface area contributed by atoms with E-state index < -0.39 is 9.84 Å². The largest absolute Gasteiger partial charge is 0.367 e. The maximum absolute atomic E-state index is 11.9. The minimum absolute atomic E-state index is 0.0355. The van der Waals surface area contributed by atoms with E-state index in [1.165, 1.54) is 0 Å². The van der Waals surface area contributed by atoms with Gasteiger partial charge in [-0.05, 0) is 18.1 Å². The Kier molecular flexibility index (Phi) is 3.24. The molecular formula is C11H16N2O3S. The first-order chi connectivity index (χ1) is 7.98. The zero-order chi connectivity index (χ0) is 12.5. The Balaban J connectivity index is 1.96. The first kappa shape index (κ1) is 12.2. The van der Waals surface area contributed by atoms with Crippen LogP contribution in [0, 0.1) is 0 Å². The van der Waals surface area contributed by atoms with Crippen molar-refractivity contribution in [2.75, 3.05) is 18.6 Å². The summed E-state index contributed by atoms with van der Waals surface area (Å²) < 4.78 is 22.7. The molecule has 1 aromatic heterocycles. The highest BCUT2D eigenvalue weighted by atomic mass is 32.2. The standard InChI is InChI=1S/C11H16N2O3S/c1-13(10-3-5-17(15,16)8-10)11(14)6-9-2-4-12-7-9/h2,4,7,10,12H,3,5-6,8H2,1H3.